The van der Waals surface area contributed by atoms with Crippen molar-refractivity contribution in [3.8, 4) is 0 Å². The number of furan rings is 1. The average Bonchev–Trinajstić information content (AvgIpc) is 2.71. The minimum absolute atomic E-state index is 0.640. The molecule has 0 bridgehead atoms. The lowest BCUT2D eigenvalue weighted by Gasteiger charge is -2.27. The summed E-state index contributed by atoms with van der Waals surface area (Å²) in [5.41, 5.74) is 0. The predicted octanol–water partition coefficient (Wildman–Crippen LogP) is 2.53. The zero-order valence-corrected chi connectivity index (χ0v) is 8.12. The second kappa shape index (κ2) is 3.97. The molecule has 0 saturated heterocycles. The predicted molar refractivity (Wildman–Crippen MR) is 52.8 cm³/mol. The fourth-order valence-corrected chi connectivity index (χ4v) is 2.23. The van der Waals surface area contributed by atoms with Gasteiger partial charge in [0.05, 0.1) is 6.26 Å². The maximum Gasteiger partial charge on any atom is 0.106 e. The van der Waals surface area contributed by atoms with Crippen LogP contribution in [0.3, 0.4) is 0 Å². The van der Waals surface area contributed by atoms with Crippen LogP contribution in [-0.2, 0) is 0 Å². The molecule has 0 aliphatic heterocycles. The minimum Gasteiger partial charge on any atom is -0.469 e. The molecule has 1 aliphatic carbocycles. The molecule has 1 fully saturated rings. The van der Waals surface area contributed by atoms with Gasteiger partial charge in [-0.15, -0.1) is 0 Å². The van der Waals surface area contributed by atoms with Crippen LogP contribution in [0, 0.1) is 0 Å². The molecule has 1 aromatic heterocycles. The number of nitrogens with one attached hydrogen (secondary N) is 1. The summed E-state index contributed by atoms with van der Waals surface area (Å²) in [6.45, 7) is 0. The van der Waals surface area contributed by atoms with E-state index in [1.165, 1.54) is 31.4 Å². The Morgan fingerprint density at radius 2 is 2.38 bits per heavy atom. The molecule has 1 N–H and O–H groups in total. The molecule has 1 saturated carbocycles. The Morgan fingerprint density at radius 1 is 1.46 bits per heavy atom. The summed E-state index contributed by atoms with van der Waals surface area (Å²) >= 11 is 0. The molecule has 2 heteroatoms. The molecular weight excluding hydrogens is 162 g/mol. The molecular formula is C11H17NO. The van der Waals surface area contributed by atoms with Gasteiger partial charge in [0.25, 0.3) is 0 Å². The van der Waals surface area contributed by atoms with Gasteiger partial charge in [-0.25, -0.2) is 0 Å². The molecule has 72 valence electrons. The number of hydrogen-bond acceptors (Lipinski definition) is 2. The minimum atomic E-state index is 0.640. The Bertz CT molecular complexity index is 243. The van der Waals surface area contributed by atoms with Crippen LogP contribution < -0.4 is 5.32 Å². The molecule has 2 unspecified atom stereocenters. The van der Waals surface area contributed by atoms with E-state index in [2.05, 4.69) is 18.4 Å². The summed E-state index contributed by atoms with van der Waals surface area (Å²) in [6, 6.07) is 4.77. The van der Waals surface area contributed by atoms with Gasteiger partial charge in [0.15, 0.2) is 0 Å². The Labute approximate surface area is 79.3 Å². The van der Waals surface area contributed by atoms with Crippen molar-refractivity contribution in [1.29, 1.82) is 0 Å². The number of hydrogen-bond donors (Lipinski definition) is 1. The van der Waals surface area contributed by atoms with Crippen LogP contribution in [0.15, 0.2) is 22.8 Å². The van der Waals surface area contributed by atoms with Crippen molar-refractivity contribution in [2.75, 3.05) is 7.05 Å². The van der Waals surface area contributed by atoms with E-state index in [-0.39, 0.29) is 0 Å². The van der Waals surface area contributed by atoms with Crippen molar-refractivity contribution in [3.63, 3.8) is 0 Å². The van der Waals surface area contributed by atoms with Crippen molar-refractivity contribution in [3.05, 3.63) is 24.2 Å². The lowest BCUT2D eigenvalue weighted by atomic mass is 9.84. The summed E-state index contributed by atoms with van der Waals surface area (Å²) < 4.78 is 5.44. The molecule has 2 nitrogen and oxygen atoms in total. The quantitative estimate of drug-likeness (QED) is 0.754. The Balaban J connectivity index is 2.00. The van der Waals surface area contributed by atoms with Gasteiger partial charge in [-0.05, 0) is 38.4 Å². The SMILES string of the molecule is CNC1CCCC(c2ccco2)C1. The van der Waals surface area contributed by atoms with Crippen molar-refractivity contribution < 1.29 is 4.42 Å². The molecule has 2 rings (SSSR count). The van der Waals surface area contributed by atoms with Crippen LogP contribution in [0.2, 0.25) is 0 Å². The van der Waals surface area contributed by atoms with E-state index in [0.29, 0.717) is 12.0 Å². The van der Waals surface area contributed by atoms with Crippen molar-refractivity contribution in [1.82, 2.24) is 5.32 Å². The summed E-state index contributed by atoms with van der Waals surface area (Å²) in [6.07, 6.45) is 6.92. The first-order valence-electron chi connectivity index (χ1n) is 5.11. The third-order valence-electron chi connectivity index (χ3n) is 3.03. The molecule has 2 atom stereocenters. The molecule has 1 heterocycles. The number of rotatable bonds is 2. The first-order valence-corrected chi connectivity index (χ1v) is 5.11. The molecule has 0 spiro atoms. The van der Waals surface area contributed by atoms with Gasteiger partial charge in [-0.1, -0.05) is 6.42 Å². The highest BCUT2D eigenvalue weighted by atomic mass is 16.3. The molecule has 0 amide bonds. The van der Waals surface area contributed by atoms with Crippen molar-refractivity contribution >= 4 is 0 Å². The third kappa shape index (κ3) is 1.94. The normalized spacial score (nSPS) is 29.0. The second-order valence-electron chi connectivity index (χ2n) is 3.86. The Hall–Kier alpha value is -0.760. The van der Waals surface area contributed by atoms with E-state index in [4.69, 9.17) is 4.42 Å². The Kier molecular flexibility index (Phi) is 2.69. The van der Waals surface area contributed by atoms with Gasteiger partial charge in [-0.3, -0.25) is 0 Å². The fourth-order valence-electron chi connectivity index (χ4n) is 2.23. The zero-order valence-electron chi connectivity index (χ0n) is 8.12. The zero-order chi connectivity index (χ0) is 9.10. The summed E-state index contributed by atoms with van der Waals surface area (Å²) in [5, 5.41) is 3.35. The maximum atomic E-state index is 5.44. The van der Waals surface area contributed by atoms with Gasteiger partial charge in [0, 0.05) is 12.0 Å². The van der Waals surface area contributed by atoms with E-state index < -0.39 is 0 Å². The fraction of sp³-hybridized carbons (Fsp3) is 0.636. The first kappa shape index (κ1) is 8.82. The second-order valence-corrected chi connectivity index (χ2v) is 3.86. The molecule has 0 aromatic carbocycles. The van der Waals surface area contributed by atoms with Gasteiger partial charge in [0.2, 0.25) is 0 Å². The lowest BCUT2D eigenvalue weighted by molar-refractivity contribution is 0.320. The van der Waals surface area contributed by atoms with Crippen LogP contribution in [0.4, 0.5) is 0 Å². The standard InChI is InChI=1S/C11H17NO/c1-12-10-5-2-4-9(8-10)11-6-3-7-13-11/h3,6-7,9-10,12H,2,4-5,8H2,1H3. The smallest absolute Gasteiger partial charge is 0.106 e. The summed E-state index contributed by atoms with van der Waals surface area (Å²) in [5.74, 6) is 1.81. The van der Waals surface area contributed by atoms with Crippen LogP contribution in [0.1, 0.15) is 37.4 Å². The third-order valence-corrected chi connectivity index (χ3v) is 3.03. The van der Waals surface area contributed by atoms with Gasteiger partial charge >= 0.3 is 0 Å². The molecule has 0 radical (unpaired) electrons. The first-order chi connectivity index (χ1) is 6.40. The van der Waals surface area contributed by atoms with Crippen LogP contribution >= 0.6 is 0 Å². The largest absolute Gasteiger partial charge is 0.469 e. The highest BCUT2D eigenvalue weighted by Crippen LogP contribution is 2.32. The van der Waals surface area contributed by atoms with Crippen LogP contribution in [0.25, 0.3) is 0 Å². The van der Waals surface area contributed by atoms with Crippen molar-refractivity contribution in [2.45, 2.75) is 37.6 Å². The highest BCUT2D eigenvalue weighted by Gasteiger charge is 2.23. The van der Waals surface area contributed by atoms with E-state index in [9.17, 15) is 0 Å². The maximum absolute atomic E-state index is 5.44. The lowest BCUT2D eigenvalue weighted by Crippen LogP contribution is -2.30. The molecule has 13 heavy (non-hydrogen) atoms. The Morgan fingerprint density at radius 3 is 3.08 bits per heavy atom. The summed E-state index contributed by atoms with van der Waals surface area (Å²) in [7, 11) is 2.05. The topological polar surface area (TPSA) is 25.2 Å². The van der Waals surface area contributed by atoms with E-state index in [0.717, 1.165) is 0 Å². The van der Waals surface area contributed by atoms with Gasteiger partial charge in [-0.2, -0.15) is 0 Å². The monoisotopic (exact) mass is 179 g/mol. The van der Waals surface area contributed by atoms with Crippen LogP contribution in [0.5, 0.6) is 0 Å². The average molecular weight is 179 g/mol. The van der Waals surface area contributed by atoms with E-state index in [1.54, 1.807) is 6.26 Å². The molecule has 1 aromatic rings. The van der Waals surface area contributed by atoms with Crippen molar-refractivity contribution in [2.24, 2.45) is 0 Å². The van der Waals surface area contributed by atoms with Crippen LogP contribution in [-0.4, -0.2) is 13.1 Å². The summed E-state index contributed by atoms with van der Waals surface area (Å²) in [4.78, 5) is 0. The van der Waals surface area contributed by atoms with Gasteiger partial charge in [0.1, 0.15) is 5.76 Å². The highest BCUT2D eigenvalue weighted by molar-refractivity contribution is 5.07. The molecule has 1 aliphatic rings. The van der Waals surface area contributed by atoms with Gasteiger partial charge < -0.3 is 9.73 Å². The van der Waals surface area contributed by atoms with E-state index in [1.807, 2.05) is 6.07 Å². The van der Waals surface area contributed by atoms with E-state index >= 15 is 0 Å².